The standard InChI is InChI=1S/C24H36N4O2S/c1-4-25-23(27-18-24(2,29)21-11-14-31-17-21)26-15-19-9-12-28(13-10-19)16-20-5-7-22(30-3)8-6-20/h5-8,11,14,17,19,29H,4,9-10,12-13,15-16,18H2,1-3H3,(H2,25,26,27). The van der Waals surface area contributed by atoms with E-state index < -0.39 is 5.60 Å². The maximum Gasteiger partial charge on any atom is 0.191 e. The van der Waals surface area contributed by atoms with Crippen molar-refractivity contribution in [3.8, 4) is 5.75 Å². The van der Waals surface area contributed by atoms with Crippen LogP contribution in [0, 0.1) is 5.92 Å². The van der Waals surface area contributed by atoms with Crippen LogP contribution >= 0.6 is 11.3 Å². The first-order valence-corrected chi connectivity index (χ1v) is 12.1. The van der Waals surface area contributed by atoms with E-state index in [9.17, 15) is 5.11 Å². The summed E-state index contributed by atoms with van der Waals surface area (Å²) in [6.07, 6.45) is 2.35. The van der Waals surface area contributed by atoms with Gasteiger partial charge in [0.25, 0.3) is 0 Å². The monoisotopic (exact) mass is 444 g/mol. The number of piperidine rings is 1. The molecule has 0 amide bonds. The summed E-state index contributed by atoms with van der Waals surface area (Å²) >= 11 is 1.59. The maximum absolute atomic E-state index is 10.7. The van der Waals surface area contributed by atoms with Gasteiger partial charge in [-0.15, -0.1) is 0 Å². The number of hydrogen-bond donors (Lipinski definition) is 3. The number of guanidine groups is 1. The Bertz CT molecular complexity index is 797. The van der Waals surface area contributed by atoms with Crippen LogP contribution in [0.5, 0.6) is 5.75 Å². The van der Waals surface area contributed by atoms with Gasteiger partial charge in [0.05, 0.1) is 13.7 Å². The zero-order chi connectivity index (χ0) is 22.1. The SMILES string of the molecule is CCNC(=NCC(C)(O)c1ccsc1)NCC1CCN(Cc2ccc(OC)cc2)CC1. The molecule has 31 heavy (non-hydrogen) atoms. The van der Waals surface area contributed by atoms with Gasteiger partial charge in [-0.2, -0.15) is 11.3 Å². The number of benzene rings is 1. The number of likely N-dealkylation sites (tertiary alicyclic amines) is 1. The highest BCUT2D eigenvalue weighted by molar-refractivity contribution is 7.08. The molecule has 1 aromatic carbocycles. The molecule has 0 saturated carbocycles. The van der Waals surface area contributed by atoms with E-state index >= 15 is 0 Å². The number of ether oxygens (including phenoxy) is 1. The first-order chi connectivity index (χ1) is 15.0. The summed E-state index contributed by atoms with van der Waals surface area (Å²) in [5, 5.41) is 21.5. The van der Waals surface area contributed by atoms with Crippen molar-refractivity contribution in [2.45, 2.75) is 38.8 Å². The second-order valence-corrected chi connectivity index (χ2v) is 9.21. The van der Waals surface area contributed by atoms with E-state index in [4.69, 9.17) is 4.74 Å². The van der Waals surface area contributed by atoms with Gasteiger partial charge in [-0.05, 0) is 85.8 Å². The maximum atomic E-state index is 10.7. The van der Waals surface area contributed by atoms with Gasteiger partial charge in [0.2, 0.25) is 0 Å². The molecule has 1 aliphatic rings. The molecule has 1 aromatic heterocycles. The predicted molar refractivity (Wildman–Crippen MR) is 129 cm³/mol. The third kappa shape index (κ3) is 7.23. The van der Waals surface area contributed by atoms with E-state index in [2.05, 4.69) is 39.6 Å². The molecular weight excluding hydrogens is 408 g/mol. The van der Waals surface area contributed by atoms with Gasteiger partial charge in [0.15, 0.2) is 5.96 Å². The number of aliphatic imine (C=N–C) groups is 1. The normalized spacial score (nSPS) is 17.9. The summed E-state index contributed by atoms with van der Waals surface area (Å²) in [4.78, 5) is 7.16. The Morgan fingerprint density at radius 1 is 1.23 bits per heavy atom. The van der Waals surface area contributed by atoms with Crippen LogP contribution in [0.4, 0.5) is 0 Å². The van der Waals surface area contributed by atoms with Gasteiger partial charge in [0.1, 0.15) is 11.4 Å². The number of methoxy groups -OCH3 is 1. The van der Waals surface area contributed by atoms with Crippen molar-refractivity contribution in [2.24, 2.45) is 10.9 Å². The lowest BCUT2D eigenvalue weighted by Gasteiger charge is -2.32. The molecule has 1 aliphatic heterocycles. The van der Waals surface area contributed by atoms with E-state index in [0.29, 0.717) is 12.5 Å². The quantitative estimate of drug-likeness (QED) is 0.408. The Morgan fingerprint density at radius 2 is 1.97 bits per heavy atom. The van der Waals surface area contributed by atoms with Crippen LogP contribution in [0.1, 0.15) is 37.8 Å². The van der Waals surface area contributed by atoms with Crippen molar-refractivity contribution >= 4 is 17.3 Å². The minimum atomic E-state index is -0.949. The predicted octanol–water partition coefficient (Wildman–Crippen LogP) is 3.43. The smallest absolute Gasteiger partial charge is 0.191 e. The number of hydrogen-bond acceptors (Lipinski definition) is 5. The van der Waals surface area contributed by atoms with Gasteiger partial charge in [-0.1, -0.05) is 12.1 Å². The molecule has 0 radical (unpaired) electrons. The fourth-order valence-electron chi connectivity index (χ4n) is 3.82. The minimum absolute atomic E-state index is 0.333. The van der Waals surface area contributed by atoms with Crippen LogP contribution in [0.2, 0.25) is 0 Å². The molecule has 1 saturated heterocycles. The first kappa shape index (κ1) is 23.6. The van der Waals surface area contributed by atoms with Gasteiger partial charge in [-0.25, -0.2) is 4.99 Å². The molecule has 170 valence electrons. The summed E-state index contributed by atoms with van der Waals surface area (Å²) in [6.45, 7) is 9.13. The number of aliphatic hydroxyl groups is 1. The molecule has 0 spiro atoms. The second kappa shape index (κ2) is 11.5. The fourth-order valence-corrected chi connectivity index (χ4v) is 4.60. The van der Waals surface area contributed by atoms with Crippen molar-refractivity contribution in [1.82, 2.24) is 15.5 Å². The first-order valence-electron chi connectivity index (χ1n) is 11.1. The Kier molecular flexibility index (Phi) is 8.75. The Labute approximate surface area is 190 Å². The molecule has 6 nitrogen and oxygen atoms in total. The molecule has 1 unspecified atom stereocenters. The van der Waals surface area contributed by atoms with E-state index in [1.807, 2.05) is 35.9 Å². The summed E-state index contributed by atoms with van der Waals surface area (Å²) < 4.78 is 5.24. The largest absolute Gasteiger partial charge is 0.497 e. The molecule has 0 bridgehead atoms. The molecule has 2 heterocycles. The van der Waals surface area contributed by atoms with E-state index in [1.54, 1.807) is 18.4 Å². The van der Waals surface area contributed by atoms with Gasteiger partial charge in [0, 0.05) is 19.6 Å². The third-order valence-corrected chi connectivity index (χ3v) is 6.55. The van der Waals surface area contributed by atoms with E-state index in [0.717, 1.165) is 50.0 Å². The lowest BCUT2D eigenvalue weighted by molar-refractivity contribution is 0.0677. The minimum Gasteiger partial charge on any atom is -0.497 e. The number of thiophene rings is 1. The molecular formula is C24H36N4O2S. The van der Waals surface area contributed by atoms with Gasteiger partial charge < -0.3 is 20.5 Å². The van der Waals surface area contributed by atoms with Crippen LogP contribution in [-0.2, 0) is 12.1 Å². The molecule has 3 N–H and O–H groups in total. The van der Waals surface area contributed by atoms with E-state index in [-0.39, 0.29) is 0 Å². The zero-order valence-electron chi connectivity index (χ0n) is 18.9. The molecule has 1 fully saturated rings. The summed E-state index contributed by atoms with van der Waals surface area (Å²) in [5.41, 5.74) is 1.30. The van der Waals surface area contributed by atoms with Gasteiger partial charge in [-0.3, -0.25) is 4.90 Å². The van der Waals surface area contributed by atoms with E-state index in [1.165, 1.54) is 18.4 Å². The molecule has 1 atom stereocenters. The van der Waals surface area contributed by atoms with Crippen molar-refractivity contribution < 1.29 is 9.84 Å². The highest BCUT2D eigenvalue weighted by Gasteiger charge is 2.24. The Balaban J connectivity index is 1.44. The lowest BCUT2D eigenvalue weighted by atomic mass is 9.96. The topological polar surface area (TPSA) is 69.1 Å². The number of rotatable bonds is 9. The van der Waals surface area contributed by atoms with Crippen LogP contribution in [0.25, 0.3) is 0 Å². The van der Waals surface area contributed by atoms with Crippen molar-refractivity contribution in [3.05, 3.63) is 52.2 Å². The molecule has 0 aliphatic carbocycles. The zero-order valence-corrected chi connectivity index (χ0v) is 19.8. The van der Waals surface area contributed by atoms with Crippen LogP contribution in [-0.4, -0.2) is 55.8 Å². The Hall–Kier alpha value is -2.09. The summed E-state index contributed by atoms with van der Waals surface area (Å²) in [6, 6.07) is 10.3. The number of nitrogens with one attached hydrogen (secondary N) is 2. The fraction of sp³-hybridized carbons (Fsp3) is 0.542. The van der Waals surface area contributed by atoms with Crippen LogP contribution < -0.4 is 15.4 Å². The highest BCUT2D eigenvalue weighted by Crippen LogP contribution is 2.23. The average molecular weight is 445 g/mol. The average Bonchev–Trinajstić information content (AvgIpc) is 3.33. The summed E-state index contributed by atoms with van der Waals surface area (Å²) in [7, 11) is 1.70. The van der Waals surface area contributed by atoms with Crippen molar-refractivity contribution in [3.63, 3.8) is 0 Å². The van der Waals surface area contributed by atoms with Crippen molar-refractivity contribution in [2.75, 3.05) is 39.8 Å². The lowest BCUT2D eigenvalue weighted by Crippen LogP contribution is -2.43. The van der Waals surface area contributed by atoms with Crippen LogP contribution in [0.3, 0.4) is 0 Å². The van der Waals surface area contributed by atoms with Crippen molar-refractivity contribution in [1.29, 1.82) is 0 Å². The second-order valence-electron chi connectivity index (χ2n) is 8.43. The third-order valence-electron chi connectivity index (χ3n) is 5.86. The molecule has 7 heteroatoms. The van der Waals surface area contributed by atoms with Gasteiger partial charge >= 0.3 is 0 Å². The van der Waals surface area contributed by atoms with Crippen LogP contribution in [0.15, 0.2) is 46.1 Å². The highest BCUT2D eigenvalue weighted by atomic mass is 32.1. The Morgan fingerprint density at radius 3 is 2.58 bits per heavy atom. The molecule has 2 aromatic rings. The number of nitrogens with zero attached hydrogens (tertiary/aromatic N) is 2. The molecule has 3 rings (SSSR count). The summed E-state index contributed by atoms with van der Waals surface area (Å²) in [5.74, 6) is 2.32.